The molecule has 0 saturated carbocycles. The number of carbonyl (C=O) groups excluding carboxylic acids is 1. The molecule has 4 rings (SSSR count). The largest absolute Gasteiger partial charge is 0.356 e. The molecule has 0 unspecified atom stereocenters. The Bertz CT molecular complexity index is 920. The maximum Gasteiger partial charge on any atom is 0.223 e. The van der Waals surface area contributed by atoms with Crippen molar-refractivity contribution in [1.82, 2.24) is 10.3 Å². The van der Waals surface area contributed by atoms with Gasteiger partial charge in [0.25, 0.3) is 0 Å². The maximum atomic E-state index is 13.4. The van der Waals surface area contributed by atoms with Crippen LogP contribution in [0.4, 0.5) is 9.52 Å². The van der Waals surface area contributed by atoms with Crippen LogP contribution in [-0.2, 0) is 11.2 Å². The van der Waals surface area contributed by atoms with Gasteiger partial charge in [-0.1, -0.05) is 41.7 Å². The third kappa shape index (κ3) is 4.27. The summed E-state index contributed by atoms with van der Waals surface area (Å²) < 4.78 is 14.2. The molecule has 3 aromatic rings. The number of hydrogen-bond acceptors (Lipinski definition) is 4. The second-order valence-corrected chi connectivity index (χ2v) is 7.91. The van der Waals surface area contributed by atoms with Crippen LogP contribution in [0, 0.1) is 11.7 Å². The van der Waals surface area contributed by atoms with Crippen LogP contribution in [-0.4, -0.2) is 30.5 Å². The predicted molar refractivity (Wildman–Crippen MR) is 108 cm³/mol. The van der Waals surface area contributed by atoms with E-state index in [0.717, 1.165) is 47.7 Å². The van der Waals surface area contributed by atoms with E-state index in [1.807, 2.05) is 18.2 Å². The molecule has 0 radical (unpaired) electrons. The molecule has 140 valence electrons. The van der Waals surface area contributed by atoms with Crippen molar-refractivity contribution < 1.29 is 9.18 Å². The van der Waals surface area contributed by atoms with Gasteiger partial charge in [0.1, 0.15) is 5.82 Å². The first-order valence-corrected chi connectivity index (χ1v) is 10.1. The van der Waals surface area contributed by atoms with E-state index >= 15 is 0 Å². The highest BCUT2D eigenvalue weighted by atomic mass is 32.1. The first kappa shape index (κ1) is 17.9. The third-order valence-corrected chi connectivity index (χ3v) is 6.11. The van der Waals surface area contributed by atoms with Crippen molar-refractivity contribution in [2.75, 3.05) is 24.5 Å². The number of hydrogen-bond donors (Lipinski definition) is 1. The number of anilines is 1. The number of aromatic nitrogens is 1. The Morgan fingerprint density at radius 3 is 2.74 bits per heavy atom. The normalized spacial score (nSPS) is 15.2. The van der Waals surface area contributed by atoms with Crippen molar-refractivity contribution in [2.45, 2.75) is 19.3 Å². The molecule has 0 atom stereocenters. The van der Waals surface area contributed by atoms with Gasteiger partial charge in [0, 0.05) is 25.6 Å². The summed E-state index contributed by atoms with van der Waals surface area (Å²) in [6.45, 7) is 2.28. The fraction of sp³-hybridized carbons (Fsp3) is 0.333. The molecule has 1 aromatic heterocycles. The van der Waals surface area contributed by atoms with Crippen LogP contribution >= 0.6 is 11.3 Å². The van der Waals surface area contributed by atoms with Crippen LogP contribution in [0.3, 0.4) is 0 Å². The molecule has 1 aliphatic heterocycles. The smallest absolute Gasteiger partial charge is 0.223 e. The number of carbonyl (C=O) groups is 1. The van der Waals surface area contributed by atoms with E-state index in [4.69, 9.17) is 0 Å². The molecule has 0 spiro atoms. The van der Waals surface area contributed by atoms with Crippen LogP contribution in [0.2, 0.25) is 0 Å². The number of halogens is 1. The molecule has 6 heteroatoms. The summed E-state index contributed by atoms with van der Waals surface area (Å²) >= 11 is 1.51. The number of rotatable bonds is 5. The van der Waals surface area contributed by atoms with E-state index < -0.39 is 0 Å². The average molecular weight is 383 g/mol. The van der Waals surface area contributed by atoms with Crippen molar-refractivity contribution in [1.29, 1.82) is 0 Å². The highest BCUT2D eigenvalue weighted by Crippen LogP contribution is 2.31. The Morgan fingerprint density at radius 1 is 1.19 bits per heavy atom. The van der Waals surface area contributed by atoms with Crippen molar-refractivity contribution in [3.05, 3.63) is 59.9 Å². The Morgan fingerprint density at radius 2 is 1.96 bits per heavy atom. The molecule has 1 saturated heterocycles. The molecule has 4 nitrogen and oxygen atoms in total. The summed E-state index contributed by atoms with van der Waals surface area (Å²) in [7, 11) is 0. The standard InChI is InChI=1S/C21H22FN3OS/c22-17-6-7-18-19(14-17)27-21(24-18)25-12-9-16(10-13-25)20(26)23-11-8-15-4-2-1-3-5-15/h1-7,14,16H,8-13H2,(H,23,26). The van der Waals surface area contributed by atoms with Crippen molar-refractivity contribution in [2.24, 2.45) is 5.92 Å². The first-order valence-electron chi connectivity index (χ1n) is 9.32. The molecule has 2 heterocycles. The molecule has 1 amide bonds. The van der Waals surface area contributed by atoms with E-state index in [-0.39, 0.29) is 17.6 Å². The van der Waals surface area contributed by atoms with E-state index in [1.54, 1.807) is 6.07 Å². The Kier molecular flexibility index (Phi) is 5.34. The van der Waals surface area contributed by atoms with E-state index in [2.05, 4.69) is 27.3 Å². The molecule has 1 N–H and O–H groups in total. The van der Waals surface area contributed by atoms with Crippen molar-refractivity contribution in [3.8, 4) is 0 Å². The van der Waals surface area contributed by atoms with Crippen molar-refractivity contribution >= 4 is 32.6 Å². The zero-order valence-corrected chi connectivity index (χ0v) is 15.8. The molecule has 0 aliphatic carbocycles. The van der Waals surface area contributed by atoms with Gasteiger partial charge in [-0.3, -0.25) is 4.79 Å². The van der Waals surface area contributed by atoms with Crippen LogP contribution < -0.4 is 10.2 Å². The van der Waals surface area contributed by atoms with Crippen LogP contribution in [0.1, 0.15) is 18.4 Å². The summed E-state index contributed by atoms with van der Waals surface area (Å²) in [5, 5.41) is 3.99. The Hall–Kier alpha value is -2.47. The fourth-order valence-corrected chi connectivity index (χ4v) is 4.52. The van der Waals surface area contributed by atoms with Gasteiger partial charge in [-0.25, -0.2) is 9.37 Å². The van der Waals surface area contributed by atoms with E-state index in [0.29, 0.717) is 6.54 Å². The van der Waals surface area contributed by atoms with Crippen LogP contribution in [0.15, 0.2) is 48.5 Å². The van der Waals surface area contributed by atoms with Gasteiger partial charge in [-0.05, 0) is 43.0 Å². The quantitative estimate of drug-likeness (QED) is 0.724. The maximum absolute atomic E-state index is 13.4. The predicted octanol–water partition coefficient (Wildman–Crippen LogP) is 4.01. The summed E-state index contributed by atoms with van der Waals surface area (Å²) in [6, 6.07) is 14.9. The number of thiazole rings is 1. The summed E-state index contributed by atoms with van der Waals surface area (Å²) in [6.07, 6.45) is 2.50. The highest BCUT2D eigenvalue weighted by molar-refractivity contribution is 7.22. The zero-order chi connectivity index (χ0) is 18.6. The van der Waals surface area contributed by atoms with Gasteiger partial charge in [0.05, 0.1) is 10.2 Å². The highest BCUT2D eigenvalue weighted by Gasteiger charge is 2.26. The lowest BCUT2D eigenvalue weighted by Crippen LogP contribution is -2.41. The lowest BCUT2D eigenvalue weighted by molar-refractivity contribution is -0.125. The van der Waals surface area contributed by atoms with Crippen LogP contribution in [0.5, 0.6) is 0 Å². The monoisotopic (exact) mass is 383 g/mol. The Balaban J connectivity index is 1.28. The minimum atomic E-state index is -0.233. The average Bonchev–Trinajstić information content (AvgIpc) is 3.12. The lowest BCUT2D eigenvalue weighted by atomic mass is 9.96. The van der Waals surface area contributed by atoms with Gasteiger partial charge < -0.3 is 10.2 Å². The van der Waals surface area contributed by atoms with Crippen molar-refractivity contribution in [3.63, 3.8) is 0 Å². The summed E-state index contributed by atoms with van der Waals surface area (Å²) in [5.74, 6) is -0.0237. The van der Waals surface area contributed by atoms with Gasteiger partial charge in [-0.2, -0.15) is 0 Å². The lowest BCUT2D eigenvalue weighted by Gasteiger charge is -2.31. The number of amides is 1. The van der Waals surface area contributed by atoms with Gasteiger partial charge in [-0.15, -0.1) is 0 Å². The number of piperidine rings is 1. The zero-order valence-electron chi connectivity index (χ0n) is 15.0. The summed E-state index contributed by atoms with van der Waals surface area (Å²) in [4.78, 5) is 19.2. The van der Waals surface area contributed by atoms with Crippen LogP contribution in [0.25, 0.3) is 10.2 Å². The molecule has 1 aliphatic rings. The molecular formula is C21H22FN3OS. The van der Waals surface area contributed by atoms with E-state index in [9.17, 15) is 9.18 Å². The molecule has 1 fully saturated rings. The minimum absolute atomic E-state index is 0.0591. The number of nitrogens with zero attached hydrogens (tertiary/aromatic N) is 2. The van der Waals surface area contributed by atoms with Gasteiger partial charge in [0.2, 0.25) is 5.91 Å². The third-order valence-electron chi connectivity index (χ3n) is 5.03. The second kappa shape index (κ2) is 8.05. The SMILES string of the molecule is O=C(NCCc1ccccc1)C1CCN(c2nc3ccc(F)cc3s2)CC1. The fourth-order valence-electron chi connectivity index (χ4n) is 3.47. The minimum Gasteiger partial charge on any atom is -0.356 e. The topological polar surface area (TPSA) is 45.2 Å². The van der Waals surface area contributed by atoms with E-state index in [1.165, 1.54) is 29.0 Å². The molecule has 2 aromatic carbocycles. The second-order valence-electron chi connectivity index (χ2n) is 6.90. The van der Waals surface area contributed by atoms with Gasteiger partial charge in [0.15, 0.2) is 5.13 Å². The summed E-state index contributed by atoms with van der Waals surface area (Å²) in [5.41, 5.74) is 2.07. The number of benzene rings is 2. The molecule has 27 heavy (non-hydrogen) atoms. The molecule has 0 bridgehead atoms. The molecular weight excluding hydrogens is 361 g/mol. The number of nitrogens with one attached hydrogen (secondary N) is 1. The Labute approximate surface area is 162 Å². The first-order chi connectivity index (χ1) is 13.2. The number of fused-ring (bicyclic) bond motifs is 1. The van der Waals surface area contributed by atoms with Gasteiger partial charge >= 0.3 is 0 Å².